The maximum atomic E-state index is 13.0. The Kier molecular flexibility index (Phi) is 81.6. The van der Waals surface area contributed by atoms with Crippen molar-refractivity contribution in [2.75, 3.05) is 34.5 Å². The number of carbonyl (C=O) groups is 2. The number of hydroxylamine groups is 2. The van der Waals surface area contributed by atoms with Gasteiger partial charge in [-0.05, 0) is 230 Å². The van der Waals surface area contributed by atoms with Crippen molar-refractivity contribution in [2.24, 2.45) is 72.1 Å². The molecule has 2 atom stereocenters. The highest BCUT2D eigenvalue weighted by Crippen LogP contribution is 2.31. The number of rotatable bonds is 20. The molecule has 2 saturated heterocycles. The van der Waals surface area contributed by atoms with E-state index in [0.717, 1.165) is 101 Å². The molecule has 2 aliphatic heterocycles. The Balaban J connectivity index is -0.000000458. The monoisotopic (exact) mass is 1950 g/mol. The number of unbranched alkanes of at least 4 members (excludes halogenated alkanes) is 1. The molecule has 11 rings (SSSR count). The van der Waals surface area contributed by atoms with Gasteiger partial charge in [-0.25, -0.2) is 27.6 Å². The predicted molar refractivity (Wildman–Crippen MR) is 589 cm³/mol. The molecule has 12 nitrogen and oxygen atoms in total. The van der Waals surface area contributed by atoms with Crippen molar-refractivity contribution in [1.82, 2.24) is 19.8 Å². The van der Waals surface area contributed by atoms with E-state index in [-0.39, 0.29) is 46.7 Å². The number of aryl methyl sites for hydroxylation is 4. The van der Waals surface area contributed by atoms with Crippen molar-refractivity contribution in [3.63, 3.8) is 0 Å². The van der Waals surface area contributed by atoms with Crippen LogP contribution in [0.5, 0.6) is 11.5 Å². The Morgan fingerprint density at radius 1 is 0.464 bits per heavy atom. The average molecular weight is 1950 g/mol. The lowest BCUT2D eigenvalue weighted by atomic mass is 9.95. The number of halogens is 4. The number of ketones is 1. The van der Waals surface area contributed by atoms with Gasteiger partial charge < -0.3 is 28.0 Å². The van der Waals surface area contributed by atoms with Crippen LogP contribution in [0.2, 0.25) is 0 Å². The summed E-state index contributed by atoms with van der Waals surface area (Å²) in [6.07, 6.45) is 21.8. The fraction of sp³-hybridized carbons (Fsp3) is 0.653. The predicted octanol–water partition coefficient (Wildman–Crippen LogP) is 37.4. The van der Waals surface area contributed by atoms with Crippen LogP contribution in [0.25, 0.3) is 0 Å². The molecule has 1 aliphatic carbocycles. The first kappa shape index (κ1) is 139. The third kappa shape index (κ3) is 71.1. The van der Waals surface area contributed by atoms with Gasteiger partial charge in [-0.3, -0.25) is 14.8 Å². The van der Waals surface area contributed by atoms with Gasteiger partial charge in [-0.15, -0.1) is 11.3 Å². The average Bonchev–Trinajstić information content (AvgIpc) is 1.08. The van der Waals surface area contributed by atoms with E-state index >= 15 is 0 Å². The van der Waals surface area contributed by atoms with E-state index in [1.807, 2.05) is 107 Å². The first-order chi connectivity index (χ1) is 64.2. The normalized spacial score (nSPS) is 13.4. The molecule has 0 spiro atoms. The zero-order valence-corrected chi connectivity index (χ0v) is 96.9. The summed E-state index contributed by atoms with van der Waals surface area (Å²) in [6, 6.07) is 36.0. The summed E-state index contributed by atoms with van der Waals surface area (Å²) in [6.45, 7) is 88.7. The van der Waals surface area contributed by atoms with E-state index < -0.39 is 17.5 Å². The second kappa shape index (κ2) is 81.0. The molecule has 1 amide bonds. The van der Waals surface area contributed by atoms with Crippen molar-refractivity contribution >= 4 is 23.0 Å². The van der Waals surface area contributed by atoms with Gasteiger partial charge in [0.25, 0.3) is 0 Å². The Bertz CT molecular complexity index is 4060. The maximum absolute atomic E-state index is 13.0. The van der Waals surface area contributed by atoms with E-state index in [9.17, 15) is 27.2 Å². The zero-order chi connectivity index (χ0) is 107. The number of nitrogens with zero attached hydrogens (tertiary/aromatic N) is 4. The first-order valence-corrected chi connectivity index (χ1v) is 52.9. The second-order valence-electron chi connectivity index (χ2n) is 42.5. The van der Waals surface area contributed by atoms with Crippen LogP contribution in [0.4, 0.5) is 17.6 Å². The standard InChI is InChI=1S/C10H13F.2C10H14O.C10H14.C9H9F3.C8H16.C7H12N2.C7H11NO.2C7H14O.C7H10S.C7H16.2C6H14.C5H11NO2.C5H10O/c1-7(2)9-6-8(3)4-5-10(9)11;1-8(2)9-4-6-10(11-3)7-5-9;1-8(2)9-5-4-6-10(7-9)11-3;1-8(2)10-6-4-5-9(3)7-10;1-5(2)6-3-8(11)9(12)4-7(6)10;1-7(2)8-5-3-4-6-8;1-6(2)7-4-8-5-9(7)3;1-5(2)7-4-8-9-6(7)3;3*1-6(2)7-4-3-5-8-7;1-4-5-6-7(2)3;2*1-5(2)6(3)4;1-4(2)5(7)6(3)8;1-4(2)5(3)6/h4-7H,1-3H3;2*4-8H,1-3H3;4-8H,1-3H3;3-5H,1-2H3;7-8H,3-6H2,1-2H3;4-6H,1-3H3;4-5H,1-3H3;2*6-7H,3-5H2,1-2H3;3-6H,1-2H3;7H,4-6H2,1-3H3;2*5-6H,1-4H3;4,8H,1-3H3;4H,1-3H3/t;;;;;;;;2*7-;;;;;;/m........10....../s1. The lowest BCUT2D eigenvalue weighted by Gasteiger charge is -2.11. The number of benzene rings is 5. The fourth-order valence-corrected chi connectivity index (χ4v) is 13.1. The molecule has 3 fully saturated rings. The zero-order valence-electron chi connectivity index (χ0n) is 96.1. The third-order valence-electron chi connectivity index (χ3n) is 23.8. The van der Waals surface area contributed by atoms with Crippen LogP contribution < -0.4 is 9.47 Å². The largest absolute Gasteiger partial charge is 0.497 e. The smallest absolute Gasteiger partial charge is 0.248 e. The quantitative estimate of drug-likeness (QED) is 0.0340. The molecule has 792 valence electrons. The molecule has 0 bridgehead atoms. The molecule has 5 heterocycles. The summed E-state index contributed by atoms with van der Waals surface area (Å²) in [5.74, 6) is 11.5. The van der Waals surface area contributed by atoms with Crippen molar-refractivity contribution < 1.29 is 55.8 Å². The van der Waals surface area contributed by atoms with E-state index in [1.165, 1.54) is 122 Å². The van der Waals surface area contributed by atoms with Crippen LogP contribution in [0.15, 0.2) is 144 Å². The Hall–Kier alpha value is -7.44. The number of Topliss-reactive ketones (excluding diaryl/α,β-unsaturated/α-hetero) is 1. The van der Waals surface area contributed by atoms with Crippen molar-refractivity contribution in [1.29, 1.82) is 0 Å². The summed E-state index contributed by atoms with van der Waals surface area (Å²) < 4.78 is 78.8. The van der Waals surface area contributed by atoms with Crippen LogP contribution in [-0.4, -0.2) is 83.4 Å². The SMILES string of the molecule is CC(=O)C(C)C.CC(C)C(=O)N(C)O.CC(C)C(C)C.CC(C)C(C)C.CC(C)C1CCCC1.CC(C)[C@@H]1CCCO1.CC(C)[C@H]1CCCO1.CC(C)c1cc(F)c(F)cc1F.CC(C)c1cccs1.CC(C)c1cncn1C.CCCCC(C)C.COc1ccc(C(C)C)cc1.COc1cccc(C(C)C)c1.Cc1ccc(F)c(C(C)C)c1.Cc1cccc(C(C)C)c1.Cc1oncc1C(C)C. The van der Waals surface area contributed by atoms with Crippen LogP contribution in [0, 0.1) is 109 Å². The van der Waals surface area contributed by atoms with Gasteiger partial charge in [0, 0.05) is 67.5 Å². The minimum Gasteiger partial charge on any atom is -0.497 e. The molecular weight excluding hydrogens is 1750 g/mol. The van der Waals surface area contributed by atoms with E-state index in [2.05, 4.69) is 284 Å². The topological polar surface area (TPSA) is 138 Å². The van der Waals surface area contributed by atoms with Gasteiger partial charge in [0.2, 0.25) is 5.91 Å². The Morgan fingerprint density at radius 2 is 0.906 bits per heavy atom. The number of methoxy groups -OCH3 is 2. The number of aromatic nitrogens is 3. The molecule has 17 heteroatoms. The van der Waals surface area contributed by atoms with Gasteiger partial charge in [0.1, 0.15) is 34.7 Å². The summed E-state index contributed by atoms with van der Waals surface area (Å²) in [5, 5.41) is 14.9. The van der Waals surface area contributed by atoms with E-state index in [0.29, 0.717) is 58.8 Å². The Morgan fingerprint density at radius 3 is 1.16 bits per heavy atom. The fourth-order valence-electron chi connectivity index (χ4n) is 12.4. The molecule has 8 aromatic rings. The molecular formula is C121H206F4N4O8S. The van der Waals surface area contributed by atoms with Crippen LogP contribution in [-0.2, 0) is 26.1 Å². The number of thiophene rings is 1. The Labute approximate surface area is 849 Å². The highest BCUT2D eigenvalue weighted by Gasteiger charge is 2.21. The summed E-state index contributed by atoms with van der Waals surface area (Å²) >= 11 is 1.83. The number of hydrogen-bond donors (Lipinski definition) is 1. The molecule has 5 aromatic carbocycles. The molecule has 1 saturated carbocycles. The summed E-state index contributed by atoms with van der Waals surface area (Å²) in [7, 11) is 6.72. The van der Waals surface area contributed by atoms with Gasteiger partial charge in [0.15, 0.2) is 11.6 Å². The molecule has 3 aliphatic rings. The lowest BCUT2D eigenvalue weighted by Crippen LogP contribution is -2.26. The molecule has 0 unspecified atom stereocenters. The van der Waals surface area contributed by atoms with E-state index in [4.69, 9.17) is 28.7 Å². The molecule has 138 heavy (non-hydrogen) atoms. The van der Waals surface area contributed by atoms with Crippen molar-refractivity contribution in [3.05, 3.63) is 223 Å². The highest BCUT2D eigenvalue weighted by atomic mass is 32.1. The van der Waals surface area contributed by atoms with Crippen LogP contribution in [0.1, 0.15) is 442 Å². The number of hydrogen-bond acceptors (Lipinski definition) is 11. The number of amides is 1. The molecule has 3 aromatic heterocycles. The number of ether oxygens (including phenoxy) is 4. The first-order valence-electron chi connectivity index (χ1n) is 52.1. The molecule has 1 N–H and O–H groups in total. The number of carbonyl (C=O) groups excluding carboxylic acids is 2. The van der Waals surface area contributed by atoms with Gasteiger partial charge in [-0.2, -0.15) is 0 Å². The summed E-state index contributed by atoms with van der Waals surface area (Å²) in [4.78, 5) is 26.1. The maximum Gasteiger partial charge on any atom is 0.248 e. The van der Waals surface area contributed by atoms with Crippen LogP contribution in [0.3, 0.4) is 0 Å². The van der Waals surface area contributed by atoms with Crippen molar-refractivity contribution in [2.45, 2.75) is 414 Å². The van der Waals surface area contributed by atoms with Crippen molar-refractivity contribution in [3.8, 4) is 11.5 Å². The summed E-state index contributed by atoms with van der Waals surface area (Å²) in [5.41, 5.74) is 10.1. The van der Waals surface area contributed by atoms with Gasteiger partial charge in [0.05, 0.1) is 39.0 Å². The van der Waals surface area contributed by atoms with E-state index in [1.54, 1.807) is 61.1 Å². The van der Waals surface area contributed by atoms with Gasteiger partial charge >= 0.3 is 0 Å². The van der Waals surface area contributed by atoms with Crippen LogP contribution >= 0.6 is 11.3 Å². The third-order valence-corrected chi connectivity index (χ3v) is 25.0. The van der Waals surface area contributed by atoms with Gasteiger partial charge in [-0.1, -0.05) is 384 Å². The minimum atomic E-state index is -1.14. The second-order valence-corrected chi connectivity index (χ2v) is 43.4. The molecule has 0 radical (unpaired) electrons. The lowest BCUT2D eigenvalue weighted by molar-refractivity contribution is -0.162. The number of imidazole rings is 1. The minimum absolute atomic E-state index is 0.0920. The highest BCUT2D eigenvalue weighted by molar-refractivity contribution is 7.10.